The molecule has 2 saturated heterocycles. The van der Waals surface area contributed by atoms with Gasteiger partial charge in [0.2, 0.25) is 11.8 Å². The SMILES string of the molecule is Cc1cnc(N2C(=O)C3C4C=CC(O4)C3C2=O)s1. The zero-order chi connectivity index (χ0) is 12.4. The van der Waals surface area contributed by atoms with Crippen LogP contribution in [0.4, 0.5) is 5.13 Å². The second-order valence-electron chi connectivity index (χ2n) is 4.77. The zero-order valence-corrected chi connectivity index (χ0v) is 10.4. The number of imide groups is 1. The summed E-state index contributed by atoms with van der Waals surface area (Å²) in [4.78, 5) is 31.1. The maximum atomic E-state index is 12.4. The first kappa shape index (κ1) is 10.4. The fraction of sp³-hybridized carbons (Fsp3) is 0.417. The molecule has 2 amide bonds. The molecule has 0 aromatic carbocycles. The largest absolute Gasteiger partial charge is 0.365 e. The van der Waals surface area contributed by atoms with Crippen molar-refractivity contribution in [3.63, 3.8) is 0 Å². The fourth-order valence-corrected chi connectivity index (χ4v) is 3.71. The summed E-state index contributed by atoms with van der Waals surface area (Å²) < 4.78 is 5.57. The third-order valence-corrected chi connectivity index (χ3v) is 4.61. The van der Waals surface area contributed by atoms with E-state index in [0.29, 0.717) is 5.13 Å². The molecule has 0 saturated carbocycles. The summed E-state index contributed by atoms with van der Waals surface area (Å²) in [5.41, 5.74) is 0. The van der Waals surface area contributed by atoms with Gasteiger partial charge < -0.3 is 4.74 Å². The maximum Gasteiger partial charge on any atom is 0.242 e. The molecule has 4 atom stereocenters. The lowest BCUT2D eigenvalue weighted by atomic mass is 9.85. The van der Waals surface area contributed by atoms with Crippen molar-refractivity contribution >= 4 is 28.3 Å². The van der Waals surface area contributed by atoms with Crippen LogP contribution in [0.3, 0.4) is 0 Å². The Kier molecular flexibility index (Phi) is 1.89. The monoisotopic (exact) mass is 262 g/mol. The van der Waals surface area contributed by atoms with Gasteiger partial charge in [0, 0.05) is 11.1 Å². The van der Waals surface area contributed by atoms with Gasteiger partial charge in [0.05, 0.1) is 24.0 Å². The summed E-state index contributed by atoms with van der Waals surface area (Å²) in [7, 11) is 0. The number of carbonyl (C=O) groups is 2. The van der Waals surface area contributed by atoms with Crippen molar-refractivity contribution in [2.45, 2.75) is 19.1 Å². The van der Waals surface area contributed by atoms with Gasteiger partial charge in [0.1, 0.15) is 0 Å². The van der Waals surface area contributed by atoms with Gasteiger partial charge >= 0.3 is 0 Å². The van der Waals surface area contributed by atoms with Crippen LogP contribution in [0.25, 0.3) is 0 Å². The van der Waals surface area contributed by atoms with Crippen LogP contribution >= 0.6 is 11.3 Å². The van der Waals surface area contributed by atoms with E-state index in [1.165, 1.54) is 16.2 Å². The van der Waals surface area contributed by atoms with Crippen LogP contribution in [-0.4, -0.2) is 29.0 Å². The first-order valence-electron chi connectivity index (χ1n) is 5.81. The highest BCUT2D eigenvalue weighted by atomic mass is 32.1. The van der Waals surface area contributed by atoms with E-state index < -0.39 is 0 Å². The van der Waals surface area contributed by atoms with E-state index >= 15 is 0 Å². The Morgan fingerprint density at radius 1 is 1.22 bits per heavy atom. The molecule has 0 N–H and O–H groups in total. The Morgan fingerprint density at radius 3 is 2.33 bits per heavy atom. The number of fused-ring (bicyclic) bond motifs is 5. The summed E-state index contributed by atoms with van der Waals surface area (Å²) in [6.45, 7) is 1.90. The number of rotatable bonds is 1. The van der Waals surface area contributed by atoms with E-state index in [-0.39, 0.29) is 35.9 Å². The molecule has 5 nitrogen and oxygen atoms in total. The molecule has 3 aliphatic rings. The first-order chi connectivity index (χ1) is 8.66. The van der Waals surface area contributed by atoms with Crippen molar-refractivity contribution in [3.8, 4) is 0 Å². The van der Waals surface area contributed by atoms with Gasteiger partial charge in [-0.3, -0.25) is 9.59 Å². The minimum Gasteiger partial charge on any atom is -0.365 e. The number of carbonyl (C=O) groups excluding carboxylic acids is 2. The molecule has 0 radical (unpaired) electrons. The van der Waals surface area contributed by atoms with Gasteiger partial charge in [0.15, 0.2) is 5.13 Å². The Labute approximate surface area is 107 Å². The molecule has 0 aliphatic carbocycles. The van der Waals surface area contributed by atoms with Crippen molar-refractivity contribution in [2.24, 2.45) is 11.8 Å². The molecule has 4 unspecified atom stereocenters. The average molecular weight is 262 g/mol. The van der Waals surface area contributed by atoms with E-state index in [1.807, 2.05) is 19.1 Å². The van der Waals surface area contributed by atoms with Crippen molar-refractivity contribution < 1.29 is 14.3 Å². The number of aryl methyl sites for hydroxylation is 1. The molecule has 3 aliphatic heterocycles. The van der Waals surface area contributed by atoms with Crippen LogP contribution in [0.5, 0.6) is 0 Å². The number of ether oxygens (including phenoxy) is 1. The van der Waals surface area contributed by atoms with Crippen molar-refractivity contribution in [2.75, 3.05) is 4.90 Å². The molecular weight excluding hydrogens is 252 g/mol. The van der Waals surface area contributed by atoms with Crippen LogP contribution in [0.2, 0.25) is 0 Å². The normalized spacial score (nSPS) is 36.8. The van der Waals surface area contributed by atoms with Gasteiger partial charge in [-0.25, -0.2) is 9.88 Å². The molecule has 92 valence electrons. The number of hydrogen-bond donors (Lipinski definition) is 0. The highest BCUT2D eigenvalue weighted by molar-refractivity contribution is 7.16. The molecule has 1 aromatic heterocycles. The Balaban J connectivity index is 1.76. The predicted molar refractivity (Wildman–Crippen MR) is 64.1 cm³/mol. The topological polar surface area (TPSA) is 59.5 Å². The predicted octanol–water partition coefficient (Wildman–Crippen LogP) is 0.894. The van der Waals surface area contributed by atoms with E-state index in [4.69, 9.17) is 4.74 Å². The second kappa shape index (κ2) is 3.27. The number of anilines is 1. The molecule has 4 heterocycles. The molecule has 4 rings (SSSR count). The molecule has 6 heteroatoms. The van der Waals surface area contributed by atoms with Crippen LogP contribution in [-0.2, 0) is 14.3 Å². The molecule has 2 fully saturated rings. The standard InChI is InChI=1S/C12H10N2O3S/c1-5-4-13-12(18-5)14-10(15)8-6-2-3-7(17-6)9(8)11(14)16/h2-4,6-9H,1H3. The smallest absolute Gasteiger partial charge is 0.242 e. The van der Waals surface area contributed by atoms with Gasteiger partial charge in [-0.1, -0.05) is 12.2 Å². The summed E-state index contributed by atoms with van der Waals surface area (Å²) in [5.74, 6) is -1.04. The van der Waals surface area contributed by atoms with Crippen molar-refractivity contribution in [3.05, 3.63) is 23.2 Å². The molecule has 2 bridgehead atoms. The number of hydrogen-bond acceptors (Lipinski definition) is 5. The van der Waals surface area contributed by atoms with E-state index in [9.17, 15) is 9.59 Å². The molecule has 1 aromatic rings. The minimum absolute atomic E-state index is 0.170. The van der Waals surface area contributed by atoms with Crippen LogP contribution in [0.1, 0.15) is 4.88 Å². The lowest BCUT2D eigenvalue weighted by Crippen LogP contribution is -2.34. The van der Waals surface area contributed by atoms with E-state index in [1.54, 1.807) is 6.20 Å². The van der Waals surface area contributed by atoms with Gasteiger partial charge in [0.25, 0.3) is 0 Å². The molecule has 0 spiro atoms. The minimum atomic E-state index is -0.350. The van der Waals surface area contributed by atoms with Crippen molar-refractivity contribution in [1.82, 2.24) is 4.98 Å². The molecular formula is C12H10N2O3S. The van der Waals surface area contributed by atoms with E-state index in [2.05, 4.69) is 4.98 Å². The summed E-state index contributed by atoms with van der Waals surface area (Å²) in [6.07, 6.45) is 4.98. The van der Waals surface area contributed by atoms with Crippen molar-refractivity contribution in [1.29, 1.82) is 0 Å². The number of amides is 2. The average Bonchev–Trinajstić information content (AvgIpc) is 3.05. The highest BCUT2D eigenvalue weighted by Crippen LogP contribution is 2.46. The third-order valence-electron chi connectivity index (χ3n) is 3.71. The van der Waals surface area contributed by atoms with E-state index in [0.717, 1.165) is 4.88 Å². The first-order valence-corrected chi connectivity index (χ1v) is 6.62. The van der Waals surface area contributed by atoms with Gasteiger partial charge in [-0.15, -0.1) is 11.3 Å². The van der Waals surface area contributed by atoms with Crippen LogP contribution in [0, 0.1) is 18.8 Å². The van der Waals surface area contributed by atoms with Gasteiger partial charge in [-0.2, -0.15) is 0 Å². The Morgan fingerprint density at radius 2 is 1.83 bits per heavy atom. The number of aromatic nitrogens is 1. The lowest BCUT2D eigenvalue weighted by molar-refractivity contribution is -0.124. The summed E-state index contributed by atoms with van der Waals surface area (Å²) in [5, 5.41) is 0.483. The Hall–Kier alpha value is -1.53. The summed E-state index contributed by atoms with van der Waals surface area (Å²) >= 11 is 1.37. The quantitative estimate of drug-likeness (QED) is 0.557. The van der Waals surface area contributed by atoms with Crippen LogP contribution < -0.4 is 4.90 Å². The zero-order valence-electron chi connectivity index (χ0n) is 9.57. The van der Waals surface area contributed by atoms with Gasteiger partial charge in [-0.05, 0) is 6.92 Å². The lowest BCUT2D eigenvalue weighted by Gasteiger charge is -2.13. The second-order valence-corrected chi connectivity index (χ2v) is 5.98. The third kappa shape index (κ3) is 1.12. The number of thiazole rings is 1. The van der Waals surface area contributed by atoms with Crippen LogP contribution in [0.15, 0.2) is 18.3 Å². The maximum absolute atomic E-state index is 12.4. The number of nitrogens with zero attached hydrogens (tertiary/aromatic N) is 2. The Bertz CT molecular complexity index is 564. The molecule has 18 heavy (non-hydrogen) atoms. The highest BCUT2D eigenvalue weighted by Gasteiger charge is 2.61. The summed E-state index contributed by atoms with van der Waals surface area (Å²) in [6, 6.07) is 0. The fourth-order valence-electron chi connectivity index (χ4n) is 2.94.